The molecule has 0 spiro atoms. The molecule has 6 heteroatoms. The molecule has 0 radical (unpaired) electrons. The van der Waals surface area contributed by atoms with Gasteiger partial charge in [0, 0.05) is 5.69 Å². The lowest BCUT2D eigenvalue weighted by Crippen LogP contribution is -2.13. The minimum atomic E-state index is -3.70. The maximum absolute atomic E-state index is 12.3. The highest BCUT2D eigenvalue weighted by Gasteiger charge is 2.15. The lowest BCUT2D eigenvalue weighted by Gasteiger charge is -2.10. The molecule has 0 bridgehead atoms. The zero-order chi connectivity index (χ0) is 16.3. The highest BCUT2D eigenvalue weighted by atomic mass is 32.2. The van der Waals surface area contributed by atoms with Crippen LogP contribution in [0.4, 0.5) is 5.69 Å². The van der Waals surface area contributed by atoms with Gasteiger partial charge in [0.2, 0.25) is 0 Å². The monoisotopic (exact) mass is 319 g/mol. The minimum absolute atomic E-state index is 0.0827. The molecular formula is C16H17NO4S. The smallest absolute Gasteiger partial charge is 0.337 e. The Morgan fingerprint density at radius 1 is 1.00 bits per heavy atom. The molecule has 116 valence electrons. The van der Waals surface area contributed by atoms with E-state index in [1.165, 1.54) is 31.4 Å². The normalized spacial score (nSPS) is 11.0. The molecule has 0 atom stereocenters. The van der Waals surface area contributed by atoms with Crippen LogP contribution in [0.3, 0.4) is 0 Å². The molecule has 2 aromatic rings. The summed E-state index contributed by atoms with van der Waals surface area (Å²) in [6.07, 6.45) is 0. The molecule has 22 heavy (non-hydrogen) atoms. The summed E-state index contributed by atoms with van der Waals surface area (Å²) in [7, 11) is -2.43. The zero-order valence-corrected chi connectivity index (χ0v) is 13.4. The molecule has 2 aromatic carbocycles. The number of nitrogens with one attached hydrogen (secondary N) is 1. The van der Waals surface area contributed by atoms with E-state index >= 15 is 0 Å². The Kier molecular flexibility index (Phi) is 4.51. The van der Waals surface area contributed by atoms with E-state index in [4.69, 9.17) is 0 Å². The van der Waals surface area contributed by atoms with Crippen molar-refractivity contribution >= 4 is 21.7 Å². The average molecular weight is 319 g/mol. The number of carbonyl (C=O) groups is 1. The minimum Gasteiger partial charge on any atom is -0.465 e. The predicted molar refractivity (Wildman–Crippen MR) is 84.5 cm³/mol. The van der Waals surface area contributed by atoms with Crippen LogP contribution in [0.2, 0.25) is 0 Å². The molecule has 0 aliphatic rings. The molecule has 0 unspecified atom stereocenters. The molecule has 0 aliphatic carbocycles. The Morgan fingerprint density at radius 2 is 1.55 bits per heavy atom. The molecule has 0 saturated heterocycles. The van der Waals surface area contributed by atoms with Gasteiger partial charge in [0.1, 0.15) is 0 Å². The fourth-order valence-corrected chi connectivity index (χ4v) is 3.18. The molecule has 5 nitrogen and oxygen atoms in total. The second-order valence-electron chi connectivity index (χ2n) is 5.00. The number of methoxy groups -OCH3 is 1. The summed E-state index contributed by atoms with van der Waals surface area (Å²) in [4.78, 5) is 11.4. The van der Waals surface area contributed by atoms with Crippen LogP contribution in [-0.2, 0) is 14.8 Å². The lowest BCUT2D eigenvalue weighted by atomic mass is 10.1. The molecule has 0 aromatic heterocycles. The number of carbonyl (C=O) groups excluding carboxylic acids is 1. The van der Waals surface area contributed by atoms with Gasteiger partial charge in [0.25, 0.3) is 10.0 Å². The Balaban J connectivity index is 2.28. The number of esters is 1. The van der Waals surface area contributed by atoms with E-state index in [-0.39, 0.29) is 4.90 Å². The molecule has 0 saturated carbocycles. The van der Waals surface area contributed by atoms with Gasteiger partial charge in [-0.3, -0.25) is 4.72 Å². The van der Waals surface area contributed by atoms with Crippen LogP contribution in [-0.4, -0.2) is 21.5 Å². The highest BCUT2D eigenvalue weighted by molar-refractivity contribution is 7.92. The van der Waals surface area contributed by atoms with E-state index in [1.54, 1.807) is 12.1 Å². The topological polar surface area (TPSA) is 72.5 Å². The van der Waals surface area contributed by atoms with E-state index in [1.807, 2.05) is 19.9 Å². The number of anilines is 1. The Labute approximate surface area is 130 Å². The number of rotatable bonds is 4. The average Bonchev–Trinajstić information content (AvgIpc) is 2.45. The molecule has 2 rings (SSSR count). The van der Waals surface area contributed by atoms with Gasteiger partial charge in [-0.2, -0.15) is 0 Å². The van der Waals surface area contributed by atoms with Crippen LogP contribution in [0.15, 0.2) is 47.4 Å². The fraction of sp³-hybridized carbons (Fsp3) is 0.188. The summed E-state index contributed by atoms with van der Waals surface area (Å²) < 4.78 is 31.8. The van der Waals surface area contributed by atoms with Crippen molar-refractivity contribution in [3.05, 3.63) is 59.2 Å². The number of ether oxygens (including phenoxy) is 1. The van der Waals surface area contributed by atoms with Crippen molar-refractivity contribution in [1.29, 1.82) is 0 Å². The fourth-order valence-electron chi connectivity index (χ4n) is 2.14. The number of sulfonamides is 1. The lowest BCUT2D eigenvalue weighted by molar-refractivity contribution is 0.0600. The Morgan fingerprint density at radius 3 is 2.05 bits per heavy atom. The van der Waals surface area contributed by atoms with Crippen LogP contribution in [0, 0.1) is 13.8 Å². The van der Waals surface area contributed by atoms with Crippen molar-refractivity contribution in [3.8, 4) is 0 Å². The first kappa shape index (κ1) is 16.0. The van der Waals surface area contributed by atoms with Crippen LogP contribution in [0.1, 0.15) is 21.5 Å². The van der Waals surface area contributed by atoms with E-state index in [0.29, 0.717) is 11.3 Å². The summed E-state index contributed by atoms with van der Waals surface area (Å²) >= 11 is 0. The zero-order valence-electron chi connectivity index (χ0n) is 12.6. The van der Waals surface area contributed by atoms with E-state index in [2.05, 4.69) is 9.46 Å². The quantitative estimate of drug-likeness (QED) is 0.880. The second kappa shape index (κ2) is 6.19. The first-order valence-electron chi connectivity index (χ1n) is 6.61. The van der Waals surface area contributed by atoms with Gasteiger partial charge >= 0.3 is 5.97 Å². The largest absolute Gasteiger partial charge is 0.465 e. The molecule has 1 N–H and O–H groups in total. The van der Waals surface area contributed by atoms with Gasteiger partial charge < -0.3 is 4.74 Å². The summed E-state index contributed by atoms with van der Waals surface area (Å²) in [6, 6.07) is 11.1. The third kappa shape index (κ3) is 3.65. The van der Waals surface area contributed by atoms with Gasteiger partial charge in [0.15, 0.2) is 0 Å². The van der Waals surface area contributed by atoms with Gasteiger partial charge in [-0.05, 0) is 61.4 Å². The summed E-state index contributed by atoms with van der Waals surface area (Å²) in [5.74, 6) is -0.508. The predicted octanol–water partition coefficient (Wildman–Crippen LogP) is 2.89. The Hall–Kier alpha value is -2.34. The van der Waals surface area contributed by atoms with Crippen LogP contribution in [0.25, 0.3) is 0 Å². The molecule has 0 amide bonds. The van der Waals surface area contributed by atoms with Gasteiger partial charge in [0.05, 0.1) is 17.6 Å². The van der Waals surface area contributed by atoms with Crippen molar-refractivity contribution in [3.63, 3.8) is 0 Å². The molecule has 0 aliphatic heterocycles. The standard InChI is InChI=1S/C16H17NO4S/c1-11-8-12(2)10-14(9-11)17-22(19,20)15-6-4-13(5-7-15)16(18)21-3/h4-10,17H,1-3H3. The van der Waals surface area contributed by atoms with E-state index in [9.17, 15) is 13.2 Å². The Bertz CT molecular complexity index is 775. The first-order chi connectivity index (χ1) is 10.3. The third-order valence-corrected chi connectivity index (χ3v) is 4.46. The SMILES string of the molecule is COC(=O)c1ccc(S(=O)(=O)Nc2cc(C)cc(C)c2)cc1. The number of hydrogen-bond donors (Lipinski definition) is 1. The van der Waals surface area contributed by atoms with Crippen molar-refractivity contribution in [2.75, 3.05) is 11.8 Å². The molecule has 0 heterocycles. The third-order valence-electron chi connectivity index (χ3n) is 3.06. The van der Waals surface area contributed by atoms with Crippen molar-refractivity contribution in [2.24, 2.45) is 0 Å². The summed E-state index contributed by atoms with van der Waals surface area (Å²) in [6.45, 7) is 3.80. The van der Waals surface area contributed by atoms with E-state index < -0.39 is 16.0 Å². The molecular weight excluding hydrogens is 302 g/mol. The number of benzene rings is 2. The van der Waals surface area contributed by atoms with Crippen LogP contribution < -0.4 is 4.72 Å². The van der Waals surface area contributed by atoms with Gasteiger partial charge in [-0.1, -0.05) is 6.07 Å². The van der Waals surface area contributed by atoms with Gasteiger partial charge in [-0.15, -0.1) is 0 Å². The first-order valence-corrected chi connectivity index (χ1v) is 8.09. The number of hydrogen-bond acceptors (Lipinski definition) is 4. The maximum Gasteiger partial charge on any atom is 0.337 e. The van der Waals surface area contributed by atoms with Crippen molar-refractivity contribution in [1.82, 2.24) is 0 Å². The van der Waals surface area contributed by atoms with E-state index in [0.717, 1.165) is 11.1 Å². The van der Waals surface area contributed by atoms with Crippen LogP contribution >= 0.6 is 0 Å². The van der Waals surface area contributed by atoms with Gasteiger partial charge in [-0.25, -0.2) is 13.2 Å². The summed E-state index contributed by atoms with van der Waals surface area (Å²) in [5.41, 5.74) is 2.75. The summed E-state index contributed by atoms with van der Waals surface area (Å²) in [5, 5.41) is 0. The van der Waals surface area contributed by atoms with Crippen molar-refractivity contribution in [2.45, 2.75) is 18.7 Å². The van der Waals surface area contributed by atoms with Crippen molar-refractivity contribution < 1.29 is 17.9 Å². The number of aryl methyl sites for hydroxylation is 2. The molecule has 0 fully saturated rings. The second-order valence-corrected chi connectivity index (χ2v) is 6.68. The van der Waals surface area contributed by atoms with Crippen LogP contribution in [0.5, 0.6) is 0 Å². The maximum atomic E-state index is 12.3. The highest BCUT2D eigenvalue weighted by Crippen LogP contribution is 2.19.